The molecule has 0 fully saturated rings. The number of nitrogens with zero attached hydrogens (tertiary/aromatic N) is 1. The van der Waals surface area contributed by atoms with Crippen LogP contribution in [-0.4, -0.2) is 35.4 Å². The van der Waals surface area contributed by atoms with Crippen LogP contribution in [0.4, 0.5) is 0 Å². The minimum atomic E-state index is -0.643. The maximum Gasteiger partial charge on any atom is 0.331 e. The van der Waals surface area contributed by atoms with Gasteiger partial charge in [0.05, 0.1) is 25.8 Å². The van der Waals surface area contributed by atoms with Gasteiger partial charge in [0, 0.05) is 13.1 Å². The number of benzene rings is 2. The Morgan fingerprint density at radius 3 is 2.65 bits per heavy atom. The quantitative estimate of drug-likeness (QED) is 0.558. The third-order valence-corrected chi connectivity index (χ3v) is 5.68. The van der Waals surface area contributed by atoms with E-state index in [4.69, 9.17) is 9.47 Å². The molecule has 0 saturated carbocycles. The molecule has 0 aliphatic carbocycles. The first-order valence-corrected chi connectivity index (χ1v) is 10.1. The molecule has 2 aromatic carbocycles. The van der Waals surface area contributed by atoms with Gasteiger partial charge in [-0.3, -0.25) is 14.3 Å². The fourth-order valence-electron chi connectivity index (χ4n) is 4.08. The number of aromatic hydroxyl groups is 1. The summed E-state index contributed by atoms with van der Waals surface area (Å²) in [6.45, 7) is 0.865. The van der Waals surface area contributed by atoms with Gasteiger partial charge in [0.25, 0.3) is 5.56 Å². The highest BCUT2D eigenvalue weighted by Crippen LogP contribution is 2.31. The molecule has 31 heavy (non-hydrogen) atoms. The molecule has 0 spiro atoms. The van der Waals surface area contributed by atoms with Gasteiger partial charge in [-0.25, -0.2) is 4.79 Å². The van der Waals surface area contributed by atoms with E-state index in [1.807, 2.05) is 36.4 Å². The molecule has 8 nitrogen and oxygen atoms in total. The Hall–Kier alpha value is -3.52. The van der Waals surface area contributed by atoms with Gasteiger partial charge in [0.1, 0.15) is 0 Å². The number of aromatic amines is 1. The first kappa shape index (κ1) is 20.7. The number of aryl methyl sites for hydroxylation is 1. The van der Waals surface area contributed by atoms with E-state index in [1.54, 1.807) is 20.3 Å². The lowest BCUT2D eigenvalue weighted by Crippen LogP contribution is -2.39. The SMILES string of the molecule is COc1ccc(CCn2c(O)c([C@@H]3NCCc4ccccc43)c(=O)[nH]c2=O)cc1OC. The lowest BCUT2D eigenvalue weighted by Gasteiger charge is -2.27. The Morgan fingerprint density at radius 2 is 1.87 bits per heavy atom. The van der Waals surface area contributed by atoms with E-state index in [-0.39, 0.29) is 18.0 Å². The van der Waals surface area contributed by atoms with Crippen molar-refractivity contribution in [1.82, 2.24) is 14.9 Å². The number of methoxy groups -OCH3 is 2. The van der Waals surface area contributed by atoms with Crippen molar-refractivity contribution in [3.63, 3.8) is 0 Å². The van der Waals surface area contributed by atoms with Crippen molar-refractivity contribution in [3.05, 3.63) is 85.6 Å². The molecule has 1 aliphatic rings. The Bertz CT molecular complexity index is 1210. The topological polar surface area (TPSA) is 106 Å². The lowest BCUT2D eigenvalue weighted by molar-refractivity contribution is 0.354. The molecule has 3 aromatic rings. The Morgan fingerprint density at radius 1 is 1.10 bits per heavy atom. The number of nitrogens with one attached hydrogen (secondary N) is 2. The summed E-state index contributed by atoms with van der Waals surface area (Å²) in [5.74, 6) is 0.879. The van der Waals surface area contributed by atoms with Crippen molar-refractivity contribution < 1.29 is 14.6 Å². The minimum absolute atomic E-state index is 0.152. The maximum atomic E-state index is 12.7. The van der Waals surface area contributed by atoms with Crippen molar-refractivity contribution in [3.8, 4) is 17.4 Å². The second-order valence-electron chi connectivity index (χ2n) is 7.42. The van der Waals surface area contributed by atoms with E-state index < -0.39 is 17.3 Å². The third-order valence-electron chi connectivity index (χ3n) is 5.68. The molecule has 3 N–H and O–H groups in total. The average Bonchev–Trinajstić information content (AvgIpc) is 2.78. The molecule has 0 saturated heterocycles. The van der Waals surface area contributed by atoms with Crippen molar-refractivity contribution in [2.45, 2.75) is 25.4 Å². The molecule has 0 radical (unpaired) electrons. The van der Waals surface area contributed by atoms with E-state index in [0.29, 0.717) is 24.5 Å². The van der Waals surface area contributed by atoms with Crippen LogP contribution in [0.3, 0.4) is 0 Å². The van der Waals surface area contributed by atoms with Gasteiger partial charge in [0.15, 0.2) is 11.5 Å². The van der Waals surface area contributed by atoms with Gasteiger partial charge in [0.2, 0.25) is 5.88 Å². The van der Waals surface area contributed by atoms with Crippen LogP contribution in [0.25, 0.3) is 0 Å². The van der Waals surface area contributed by atoms with E-state index in [9.17, 15) is 14.7 Å². The monoisotopic (exact) mass is 423 g/mol. The van der Waals surface area contributed by atoms with Gasteiger partial charge >= 0.3 is 5.69 Å². The van der Waals surface area contributed by atoms with Crippen LogP contribution >= 0.6 is 0 Å². The summed E-state index contributed by atoms with van der Waals surface area (Å²) in [5, 5.41) is 14.2. The number of hydrogen-bond acceptors (Lipinski definition) is 6. The van der Waals surface area contributed by atoms with E-state index in [1.165, 1.54) is 4.57 Å². The molecule has 162 valence electrons. The van der Waals surface area contributed by atoms with E-state index in [2.05, 4.69) is 10.3 Å². The summed E-state index contributed by atoms with van der Waals surface area (Å²) in [6.07, 6.45) is 1.29. The molecule has 1 aliphatic heterocycles. The minimum Gasteiger partial charge on any atom is -0.494 e. The van der Waals surface area contributed by atoms with Crippen LogP contribution in [0, 0.1) is 0 Å². The van der Waals surface area contributed by atoms with Crippen LogP contribution in [-0.2, 0) is 19.4 Å². The molecule has 1 aromatic heterocycles. The van der Waals surface area contributed by atoms with E-state index in [0.717, 1.165) is 23.1 Å². The zero-order valence-corrected chi connectivity index (χ0v) is 17.5. The molecular formula is C23H25N3O5. The Kier molecular flexibility index (Phi) is 5.81. The Labute approximate surface area is 179 Å². The van der Waals surface area contributed by atoms with Crippen LogP contribution in [0.2, 0.25) is 0 Å². The molecule has 4 rings (SSSR count). The molecule has 0 unspecified atom stereocenters. The fourth-order valence-corrected chi connectivity index (χ4v) is 4.08. The van der Waals surface area contributed by atoms with Gasteiger partial charge in [-0.2, -0.15) is 0 Å². The third kappa shape index (κ3) is 3.94. The maximum absolute atomic E-state index is 12.7. The van der Waals surface area contributed by atoms with Gasteiger partial charge < -0.3 is 19.9 Å². The number of hydrogen-bond donors (Lipinski definition) is 3. The standard InChI is InChI=1S/C23H25N3O5/c1-30-17-8-7-14(13-18(17)31-2)10-12-26-22(28)19(21(27)25-23(26)29)20-16-6-4-3-5-15(16)9-11-24-20/h3-8,13,20,24,28H,9-12H2,1-2H3,(H,25,27,29)/t20-/m1/s1. The summed E-state index contributed by atoms with van der Waals surface area (Å²) in [7, 11) is 3.12. The predicted molar refractivity (Wildman–Crippen MR) is 116 cm³/mol. The second kappa shape index (κ2) is 8.69. The number of aromatic nitrogens is 2. The largest absolute Gasteiger partial charge is 0.494 e. The molecule has 8 heteroatoms. The molecule has 1 atom stereocenters. The zero-order valence-electron chi connectivity index (χ0n) is 17.5. The summed E-state index contributed by atoms with van der Waals surface area (Å²) < 4.78 is 11.8. The highest BCUT2D eigenvalue weighted by atomic mass is 16.5. The normalized spacial score (nSPS) is 15.4. The van der Waals surface area contributed by atoms with Crippen molar-refractivity contribution in [2.75, 3.05) is 20.8 Å². The first-order valence-electron chi connectivity index (χ1n) is 10.1. The molecular weight excluding hydrogens is 398 g/mol. The zero-order chi connectivity index (χ0) is 22.0. The lowest BCUT2D eigenvalue weighted by atomic mass is 9.90. The van der Waals surface area contributed by atoms with Crippen molar-refractivity contribution in [2.24, 2.45) is 0 Å². The average molecular weight is 423 g/mol. The van der Waals surface area contributed by atoms with Gasteiger partial charge in [-0.05, 0) is 41.7 Å². The highest BCUT2D eigenvalue weighted by molar-refractivity contribution is 5.43. The van der Waals surface area contributed by atoms with Gasteiger partial charge in [-0.1, -0.05) is 30.3 Å². The molecule has 2 heterocycles. The number of fused-ring (bicyclic) bond motifs is 1. The van der Waals surface area contributed by atoms with Crippen LogP contribution < -0.4 is 26.0 Å². The number of ether oxygens (including phenoxy) is 2. The van der Waals surface area contributed by atoms with Crippen LogP contribution in [0.15, 0.2) is 52.1 Å². The van der Waals surface area contributed by atoms with Crippen molar-refractivity contribution in [1.29, 1.82) is 0 Å². The Balaban J connectivity index is 1.68. The summed E-state index contributed by atoms with van der Waals surface area (Å²) >= 11 is 0. The predicted octanol–water partition coefficient (Wildman–Crippen LogP) is 1.74. The second-order valence-corrected chi connectivity index (χ2v) is 7.42. The molecule has 0 amide bonds. The van der Waals surface area contributed by atoms with Crippen LogP contribution in [0.5, 0.6) is 17.4 Å². The number of rotatable bonds is 6. The number of H-pyrrole nitrogens is 1. The first-order chi connectivity index (χ1) is 15.0. The van der Waals surface area contributed by atoms with Gasteiger partial charge in [-0.15, -0.1) is 0 Å². The van der Waals surface area contributed by atoms with Crippen molar-refractivity contribution >= 4 is 0 Å². The smallest absolute Gasteiger partial charge is 0.331 e. The highest BCUT2D eigenvalue weighted by Gasteiger charge is 2.28. The van der Waals surface area contributed by atoms with E-state index >= 15 is 0 Å². The fraction of sp³-hybridized carbons (Fsp3) is 0.304. The van der Waals surface area contributed by atoms with Crippen LogP contribution in [0.1, 0.15) is 28.3 Å². The summed E-state index contributed by atoms with van der Waals surface area (Å²) in [6, 6.07) is 12.8. The summed E-state index contributed by atoms with van der Waals surface area (Å²) in [5.41, 5.74) is 1.87. The summed E-state index contributed by atoms with van der Waals surface area (Å²) in [4.78, 5) is 27.5. The molecule has 0 bridgehead atoms.